The molecule has 0 aromatic rings. The summed E-state index contributed by atoms with van der Waals surface area (Å²) in [5, 5.41) is 32.4. The summed E-state index contributed by atoms with van der Waals surface area (Å²) in [6.07, 6.45) is 4.62. The average Bonchev–Trinajstić information content (AvgIpc) is 2.48. The Labute approximate surface area is 145 Å². The molecule has 0 bridgehead atoms. The van der Waals surface area contributed by atoms with E-state index in [-0.39, 0.29) is 18.8 Å². The third kappa shape index (κ3) is 37.1. The SMILES string of the molecule is C=C(C)C(=O)O.CC(C)CCCCCC(=O)O.OCCOCCO. The van der Waals surface area contributed by atoms with Crippen molar-refractivity contribution in [3.63, 3.8) is 0 Å². The maximum absolute atomic E-state index is 10.1. The fourth-order valence-electron chi connectivity index (χ4n) is 1.24. The maximum Gasteiger partial charge on any atom is 0.330 e. The lowest BCUT2D eigenvalue weighted by atomic mass is 10.0. The van der Waals surface area contributed by atoms with Crippen LogP contribution in [0.2, 0.25) is 0 Å². The molecule has 0 saturated heterocycles. The Morgan fingerprint density at radius 2 is 1.46 bits per heavy atom. The fraction of sp³-hybridized carbons (Fsp3) is 0.765. The van der Waals surface area contributed by atoms with E-state index in [4.69, 9.17) is 20.4 Å². The van der Waals surface area contributed by atoms with Gasteiger partial charge in [-0.25, -0.2) is 4.79 Å². The molecule has 0 fully saturated rings. The van der Waals surface area contributed by atoms with Crippen LogP contribution >= 0.6 is 0 Å². The Kier molecular flexibility index (Phi) is 24.6. The van der Waals surface area contributed by atoms with E-state index in [2.05, 4.69) is 25.2 Å². The minimum Gasteiger partial charge on any atom is -0.481 e. The zero-order valence-electron chi connectivity index (χ0n) is 15.2. The fourth-order valence-corrected chi connectivity index (χ4v) is 1.24. The Bertz CT molecular complexity index is 298. The Hall–Kier alpha value is -1.44. The lowest BCUT2D eigenvalue weighted by Crippen LogP contribution is -2.03. The van der Waals surface area contributed by atoms with Crippen LogP contribution in [-0.4, -0.2) is 58.8 Å². The molecule has 0 spiro atoms. The van der Waals surface area contributed by atoms with Gasteiger partial charge in [0.2, 0.25) is 0 Å². The monoisotopic (exact) mass is 350 g/mol. The van der Waals surface area contributed by atoms with E-state index in [9.17, 15) is 9.59 Å². The lowest BCUT2D eigenvalue weighted by Gasteiger charge is -2.02. The van der Waals surface area contributed by atoms with Gasteiger partial charge in [0.1, 0.15) is 0 Å². The molecule has 0 unspecified atom stereocenters. The summed E-state index contributed by atoms with van der Waals surface area (Å²) in [6, 6.07) is 0. The molecule has 4 N–H and O–H groups in total. The first-order valence-electron chi connectivity index (χ1n) is 8.09. The van der Waals surface area contributed by atoms with Gasteiger partial charge >= 0.3 is 11.9 Å². The first-order chi connectivity index (χ1) is 11.2. The second-order valence-corrected chi connectivity index (χ2v) is 5.53. The van der Waals surface area contributed by atoms with Crippen LogP contribution in [-0.2, 0) is 14.3 Å². The molecule has 0 saturated carbocycles. The highest BCUT2D eigenvalue weighted by molar-refractivity contribution is 5.84. The van der Waals surface area contributed by atoms with E-state index in [1.165, 1.54) is 19.8 Å². The van der Waals surface area contributed by atoms with Crippen LogP contribution in [0.3, 0.4) is 0 Å². The van der Waals surface area contributed by atoms with Crippen LogP contribution in [0.4, 0.5) is 0 Å². The van der Waals surface area contributed by atoms with Crippen LogP contribution in [0.5, 0.6) is 0 Å². The zero-order chi connectivity index (χ0) is 19.4. The number of unbranched alkanes of at least 4 members (excludes halogenated alkanes) is 2. The van der Waals surface area contributed by atoms with Crippen molar-refractivity contribution in [2.45, 2.75) is 52.9 Å². The molecule has 24 heavy (non-hydrogen) atoms. The van der Waals surface area contributed by atoms with E-state index in [0.717, 1.165) is 18.8 Å². The highest BCUT2D eigenvalue weighted by Crippen LogP contribution is 2.08. The van der Waals surface area contributed by atoms with Crippen molar-refractivity contribution < 1.29 is 34.8 Å². The normalized spacial score (nSPS) is 9.42. The molecule has 0 heterocycles. The van der Waals surface area contributed by atoms with Gasteiger partial charge in [0.25, 0.3) is 0 Å². The Balaban J connectivity index is -0.000000294. The third-order valence-corrected chi connectivity index (χ3v) is 2.51. The first kappa shape index (κ1) is 27.4. The van der Waals surface area contributed by atoms with Gasteiger partial charge in [0, 0.05) is 12.0 Å². The second kappa shape index (κ2) is 21.6. The highest BCUT2D eigenvalue weighted by atomic mass is 16.5. The van der Waals surface area contributed by atoms with E-state index in [0.29, 0.717) is 19.6 Å². The van der Waals surface area contributed by atoms with Gasteiger partial charge in [-0.3, -0.25) is 4.79 Å². The van der Waals surface area contributed by atoms with Gasteiger partial charge in [0.15, 0.2) is 0 Å². The number of aliphatic hydroxyl groups excluding tert-OH is 2. The van der Waals surface area contributed by atoms with Crippen molar-refractivity contribution in [1.29, 1.82) is 0 Å². The second-order valence-electron chi connectivity index (χ2n) is 5.53. The number of ether oxygens (including phenoxy) is 1. The molecule has 0 radical (unpaired) electrons. The van der Waals surface area contributed by atoms with Crippen LogP contribution in [0, 0.1) is 5.92 Å². The van der Waals surface area contributed by atoms with Crippen LogP contribution in [0.15, 0.2) is 12.2 Å². The third-order valence-electron chi connectivity index (χ3n) is 2.51. The number of hydrogen-bond donors (Lipinski definition) is 4. The summed E-state index contributed by atoms with van der Waals surface area (Å²) in [6.45, 7) is 9.68. The molecule has 0 amide bonds. The number of aliphatic carboxylic acids is 2. The van der Waals surface area contributed by atoms with Crippen LogP contribution in [0.25, 0.3) is 0 Å². The van der Waals surface area contributed by atoms with Gasteiger partial charge in [-0.1, -0.05) is 39.7 Å². The van der Waals surface area contributed by atoms with Crippen molar-refractivity contribution in [3.8, 4) is 0 Å². The lowest BCUT2D eigenvalue weighted by molar-refractivity contribution is -0.137. The number of carboxylic acids is 2. The summed E-state index contributed by atoms with van der Waals surface area (Å²) < 4.78 is 4.63. The number of carbonyl (C=O) groups is 2. The highest BCUT2D eigenvalue weighted by Gasteiger charge is 1.97. The van der Waals surface area contributed by atoms with Crippen molar-refractivity contribution in [1.82, 2.24) is 0 Å². The van der Waals surface area contributed by atoms with E-state index in [1.807, 2.05) is 0 Å². The maximum atomic E-state index is 10.1. The first-order valence-corrected chi connectivity index (χ1v) is 8.09. The predicted molar refractivity (Wildman–Crippen MR) is 93.0 cm³/mol. The molecule has 0 aliphatic carbocycles. The summed E-state index contributed by atoms with van der Waals surface area (Å²) in [5.74, 6) is -0.857. The largest absolute Gasteiger partial charge is 0.481 e. The van der Waals surface area contributed by atoms with Crippen LogP contribution < -0.4 is 0 Å². The molecule has 0 rings (SSSR count). The summed E-state index contributed by atoms with van der Waals surface area (Å²) in [7, 11) is 0. The zero-order valence-corrected chi connectivity index (χ0v) is 15.2. The Morgan fingerprint density at radius 3 is 1.75 bits per heavy atom. The quantitative estimate of drug-likeness (QED) is 0.333. The molecule has 0 aromatic heterocycles. The number of hydrogen-bond acceptors (Lipinski definition) is 5. The molecular formula is C17H34O7. The smallest absolute Gasteiger partial charge is 0.330 e. The molecule has 0 aliphatic rings. The van der Waals surface area contributed by atoms with Crippen molar-refractivity contribution in [3.05, 3.63) is 12.2 Å². The summed E-state index contributed by atoms with van der Waals surface area (Å²) in [4.78, 5) is 19.7. The van der Waals surface area contributed by atoms with E-state index >= 15 is 0 Å². The van der Waals surface area contributed by atoms with E-state index in [1.54, 1.807) is 0 Å². The number of rotatable bonds is 11. The van der Waals surface area contributed by atoms with Crippen LogP contribution in [0.1, 0.15) is 52.9 Å². The Morgan fingerprint density at radius 1 is 1.00 bits per heavy atom. The van der Waals surface area contributed by atoms with Gasteiger partial charge in [0.05, 0.1) is 26.4 Å². The summed E-state index contributed by atoms with van der Waals surface area (Å²) in [5.41, 5.74) is 0.176. The molecular weight excluding hydrogens is 316 g/mol. The van der Waals surface area contributed by atoms with E-state index < -0.39 is 11.9 Å². The molecule has 0 atom stereocenters. The topological polar surface area (TPSA) is 124 Å². The number of carboxylic acid groups (broad SMARTS) is 2. The molecule has 0 aliphatic heterocycles. The molecule has 144 valence electrons. The van der Waals surface area contributed by atoms with Gasteiger partial charge in [-0.15, -0.1) is 0 Å². The summed E-state index contributed by atoms with van der Waals surface area (Å²) >= 11 is 0. The van der Waals surface area contributed by atoms with Gasteiger partial charge in [-0.2, -0.15) is 0 Å². The van der Waals surface area contributed by atoms with Crippen molar-refractivity contribution >= 4 is 11.9 Å². The minimum absolute atomic E-state index is 0.0278. The molecule has 0 aromatic carbocycles. The predicted octanol–water partition coefficient (Wildman–Crippen LogP) is 2.31. The van der Waals surface area contributed by atoms with Crippen molar-refractivity contribution in [2.75, 3.05) is 26.4 Å². The molecule has 7 heteroatoms. The minimum atomic E-state index is -0.935. The standard InChI is InChI=1S/C9H18O2.C4H10O3.C4H6O2/c1-8(2)6-4-3-5-7-9(10)11;5-1-3-7-4-2-6;1-3(2)4(5)6/h8H,3-7H2,1-2H3,(H,10,11);5-6H,1-4H2;1H2,2H3,(H,5,6). The average molecular weight is 350 g/mol. The number of aliphatic hydroxyl groups is 2. The van der Waals surface area contributed by atoms with Gasteiger partial charge in [-0.05, 0) is 19.3 Å². The van der Waals surface area contributed by atoms with Gasteiger partial charge < -0.3 is 25.2 Å². The van der Waals surface area contributed by atoms with Crippen molar-refractivity contribution in [2.24, 2.45) is 5.92 Å². The molecule has 7 nitrogen and oxygen atoms in total.